The van der Waals surface area contributed by atoms with Gasteiger partial charge in [-0.2, -0.15) is 0 Å². The van der Waals surface area contributed by atoms with Crippen LogP contribution in [-0.4, -0.2) is 36.8 Å². The van der Waals surface area contributed by atoms with Gasteiger partial charge in [0.25, 0.3) is 0 Å². The van der Waals surface area contributed by atoms with Crippen LogP contribution < -0.4 is 0 Å². The summed E-state index contributed by atoms with van der Waals surface area (Å²) in [5.41, 5.74) is 2.24. The van der Waals surface area contributed by atoms with Gasteiger partial charge in [0.2, 0.25) is 0 Å². The molecule has 1 aliphatic heterocycles. The molecule has 1 aromatic carbocycles. The van der Waals surface area contributed by atoms with Crippen LogP contribution >= 0.6 is 0 Å². The van der Waals surface area contributed by atoms with Gasteiger partial charge in [0.05, 0.1) is 6.61 Å². The first-order valence-corrected chi connectivity index (χ1v) is 7.14. The molecule has 1 heterocycles. The van der Waals surface area contributed by atoms with Crippen molar-refractivity contribution in [1.29, 1.82) is 0 Å². The number of nitrogens with zero attached hydrogens (tertiary/aromatic N) is 1. The van der Waals surface area contributed by atoms with E-state index in [1.165, 1.54) is 18.4 Å². The van der Waals surface area contributed by atoms with Crippen molar-refractivity contribution in [3.63, 3.8) is 0 Å². The van der Waals surface area contributed by atoms with E-state index in [4.69, 9.17) is 4.74 Å². The lowest BCUT2D eigenvalue weighted by molar-refractivity contribution is 0.0715. The highest BCUT2D eigenvalue weighted by atomic mass is 16.5. The fourth-order valence-corrected chi connectivity index (χ4v) is 3.03. The molecule has 0 amide bonds. The average molecular weight is 263 g/mol. The Kier molecular flexibility index (Phi) is 4.83. The molecule has 0 bridgehead atoms. The number of aromatic hydroxyl groups is 1. The number of ether oxygens (including phenoxy) is 1. The number of rotatable bonds is 4. The predicted octanol–water partition coefficient (Wildman–Crippen LogP) is 3.12. The van der Waals surface area contributed by atoms with Gasteiger partial charge in [0.15, 0.2) is 0 Å². The summed E-state index contributed by atoms with van der Waals surface area (Å²) in [5, 5.41) is 10.1. The maximum atomic E-state index is 10.1. The first-order valence-electron chi connectivity index (χ1n) is 7.14. The van der Waals surface area contributed by atoms with Crippen LogP contribution in [0.25, 0.3) is 0 Å². The van der Waals surface area contributed by atoms with E-state index in [0.717, 1.165) is 25.3 Å². The molecule has 19 heavy (non-hydrogen) atoms. The fourth-order valence-electron chi connectivity index (χ4n) is 3.03. The second-order valence-electron chi connectivity index (χ2n) is 5.70. The molecular weight excluding hydrogens is 238 g/mol. The van der Waals surface area contributed by atoms with Crippen molar-refractivity contribution in [3.8, 4) is 5.75 Å². The molecule has 2 atom stereocenters. The van der Waals surface area contributed by atoms with E-state index in [-0.39, 0.29) is 6.04 Å². The van der Waals surface area contributed by atoms with E-state index in [9.17, 15) is 5.11 Å². The van der Waals surface area contributed by atoms with Crippen molar-refractivity contribution in [2.45, 2.75) is 32.7 Å². The minimum absolute atomic E-state index is 0.263. The van der Waals surface area contributed by atoms with E-state index in [1.54, 1.807) is 13.2 Å². The molecule has 1 N–H and O–H groups in total. The van der Waals surface area contributed by atoms with Crippen LogP contribution in [0.4, 0.5) is 0 Å². The second kappa shape index (κ2) is 6.40. The van der Waals surface area contributed by atoms with Gasteiger partial charge in [-0.05, 0) is 45.2 Å². The first kappa shape index (κ1) is 14.4. The van der Waals surface area contributed by atoms with Crippen LogP contribution in [0.2, 0.25) is 0 Å². The summed E-state index contributed by atoms with van der Waals surface area (Å²) in [7, 11) is 1.77. The van der Waals surface area contributed by atoms with Crippen molar-refractivity contribution in [1.82, 2.24) is 4.90 Å². The number of phenols is 1. The topological polar surface area (TPSA) is 32.7 Å². The first-order chi connectivity index (χ1) is 9.11. The molecule has 0 saturated carbocycles. The number of hydrogen-bond donors (Lipinski definition) is 1. The molecule has 0 radical (unpaired) electrons. The van der Waals surface area contributed by atoms with Crippen molar-refractivity contribution >= 4 is 0 Å². The Labute approximate surface area is 116 Å². The van der Waals surface area contributed by atoms with Crippen LogP contribution in [0.1, 0.15) is 36.9 Å². The highest BCUT2D eigenvalue weighted by Gasteiger charge is 2.25. The number of likely N-dealkylation sites (tertiary alicyclic amines) is 1. The lowest BCUT2D eigenvalue weighted by Crippen LogP contribution is -2.38. The monoisotopic (exact) mass is 263 g/mol. The van der Waals surface area contributed by atoms with Gasteiger partial charge in [-0.3, -0.25) is 4.90 Å². The maximum absolute atomic E-state index is 10.1. The number of aryl methyl sites for hydroxylation is 1. The summed E-state index contributed by atoms with van der Waals surface area (Å²) in [6.45, 7) is 7.25. The summed E-state index contributed by atoms with van der Waals surface area (Å²) in [4.78, 5) is 2.46. The van der Waals surface area contributed by atoms with Gasteiger partial charge in [-0.1, -0.05) is 17.7 Å². The minimum atomic E-state index is 0.263. The average Bonchev–Trinajstić information content (AvgIpc) is 2.41. The minimum Gasteiger partial charge on any atom is -0.508 e. The lowest BCUT2D eigenvalue weighted by Gasteiger charge is -2.37. The molecule has 1 aromatic rings. The van der Waals surface area contributed by atoms with Crippen LogP contribution in [0.3, 0.4) is 0 Å². The highest BCUT2D eigenvalue weighted by molar-refractivity contribution is 5.37. The SMILES string of the molecule is COCC1CCCN(C(C)c2cc(C)ccc2O)C1. The maximum Gasteiger partial charge on any atom is 0.120 e. The molecule has 2 unspecified atom stereocenters. The van der Waals surface area contributed by atoms with Crippen LogP contribution in [-0.2, 0) is 4.74 Å². The van der Waals surface area contributed by atoms with E-state index in [1.807, 2.05) is 6.07 Å². The number of benzene rings is 1. The summed E-state index contributed by atoms with van der Waals surface area (Å²) < 4.78 is 5.28. The number of hydrogen-bond acceptors (Lipinski definition) is 3. The number of phenolic OH excluding ortho intramolecular Hbond substituents is 1. The largest absolute Gasteiger partial charge is 0.508 e. The van der Waals surface area contributed by atoms with E-state index < -0.39 is 0 Å². The van der Waals surface area contributed by atoms with Crippen molar-refractivity contribution in [2.75, 3.05) is 26.8 Å². The molecule has 1 aliphatic rings. The summed E-state index contributed by atoms with van der Waals surface area (Å²) in [5.74, 6) is 1.03. The zero-order valence-electron chi connectivity index (χ0n) is 12.2. The third-order valence-electron chi connectivity index (χ3n) is 4.13. The Balaban J connectivity index is 2.10. The summed E-state index contributed by atoms with van der Waals surface area (Å²) in [6, 6.07) is 6.12. The van der Waals surface area contributed by atoms with Crippen LogP contribution in [0.15, 0.2) is 18.2 Å². The fraction of sp³-hybridized carbons (Fsp3) is 0.625. The van der Waals surface area contributed by atoms with Crippen molar-refractivity contribution < 1.29 is 9.84 Å². The van der Waals surface area contributed by atoms with Gasteiger partial charge >= 0.3 is 0 Å². The number of piperidine rings is 1. The Morgan fingerprint density at radius 1 is 1.47 bits per heavy atom. The van der Waals surface area contributed by atoms with Gasteiger partial charge < -0.3 is 9.84 Å². The molecule has 0 aliphatic carbocycles. The van der Waals surface area contributed by atoms with Gasteiger partial charge in [-0.25, -0.2) is 0 Å². The Morgan fingerprint density at radius 2 is 2.26 bits per heavy atom. The molecule has 3 heteroatoms. The molecule has 3 nitrogen and oxygen atoms in total. The molecule has 0 spiro atoms. The van der Waals surface area contributed by atoms with Gasteiger partial charge in [-0.15, -0.1) is 0 Å². The Hall–Kier alpha value is -1.06. The molecule has 2 rings (SSSR count). The predicted molar refractivity (Wildman–Crippen MR) is 77.4 cm³/mol. The van der Waals surface area contributed by atoms with E-state index in [0.29, 0.717) is 11.7 Å². The van der Waals surface area contributed by atoms with E-state index >= 15 is 0 Å². The van der Waals surface area contributed by atoms with Crippen LogP contribution in [0.5, 0.6) is 5.75 Å². The molecule has 1 saturated heterocycles. The van der Waals surface area contributed by atoms with Gasteiger partial charge in [0.1, 0.15) is 5.75 Å². The third-order valence-corrected chi connectivity index (χ3v) is 4.13. The normalized spacial score (nSPS) is 22.4. The van der Waals surface area contributed by atoms with Crippen LogP contribution in [0, 0.1) is 12.8 Å². The zero-order valence-corrected chi connectivity index (χ0v) is 12.2. The highest BCUT2D eigenvalue weighted by Crippen LogP contribution is 2.32. The second-order valence-corrected chi connectivity index (χ2v) is 5.70. The summed E-state index contributed by atoms with van der Waals surface area (Å²) >= 11 is 0. The molecule has 106 valence electrons. The standard InChI is InChI=1S/C16H25NO2/c1-12-6-7-16(18)15(9-12)13(2)17-8-4-5-14(10-17)11-19-3/h6-7,9,13-14,18H,4-5,8,10-11H2,1-3H3. The van der Waals surface area contributed by atoms with Crippen molar-refractivity contribution in [2.24, 2.45) is 5.92 Å². The molecule has 0 aromatic heterocycles. The van der Waals surface area contributed by atoms with E-state index in [2.05, 4.69) is 24.8 Å². The number of methoxy groups -OCH3 is 1. The zero-order chi connectivity index (χ0) is 13.8. The quantitative estimate of drug-likeness (QED) is 0.906. The van der Waals surface area contributed by atoms with Crippen molar-refractivity contribution in [3.05, 3.63) is 29.3 Å². The lowest BCUT2D eigenvalue weighted by atomic mass is 9.95. The molecule has 1 fully saturated rings. The van der Waals surface area contributed by atoms with Gasteiger partial charge in [0, 0.05) is 25.3 Å². The Bertz CT molecular complexity index is 417. The molecular formula is C16H25NO2. The summed E-state index contributed by atoms with van der Waals surface area (Å²) in [6.07, 6.45) is 2.46. The third kappa shape index (κ3) is 3.48. The Morgan fingerprint density at radius 3 is 3.00 bits per heavy atom. The smallest absolute Gasteiger partial charge is 0.120 e.